The third-order valence-corrected chi connectivity index (χ3v) is 4.79. The number of anilines is 1. The number of aliphatic hydroxyl groups is 1. The van der Waals surface area contributed by atoms with E-state index in [0.717, 1.165) is 37.0 Å². The maximum atomic E-state index is 10.2. The zero-order valence-electron chi connectivity index (χ0n) is 13.9. The van der Waals surface area contributed by atoms with Crippen LogP contribution >= 0.6 is 23.2 Å². The number of halogens is 2. The molecule has 1 aliphatic heterocycles. The predicted molar refractivity (Wildman–Crippen MR) is 103 cm³/mol. The first-order chi connectivity index (χ1) is 12.1. The highest BCUT2D eigenvalue weighted by Crippen LogP contribution is 2.20. The van der Waals surface area contributed by atoms with Gasteiger partial charge in [0.2, 0.25) is 0 Å². The molecule has 134 valence electrons. The molecule has 1 heterocycles. The lowest BCUT2D eigenvalue weighted by atomic mass is 10.2. The molecule has 0 bridgehead atoms. The summed E-state index contributed by atoms with van der Waals surface area (Å²) < 4.78 is 5.61. The zero-order chi connectivity index (χ0) is 17.6. The molecule has 0 spiro atoms. The highest BCUT2D eigenvalue weighted by molar-refractivity contribution is 6.30. The highest BCUT2D eigenvalue weighted by Gasteiger charge is 2.19. The van der Waals surface area contributed by atoms with Crippen LogP contribution in [0.3, 0.4) is 0 Å². The molecule has 1 atom stereocenters. The second-order valence-corrected chi connectivity index (χ2v) is 7.06. The van der Waals surface area contributed by atoms with E-state index in [2.05, 4.69) is 9.80 Å². The lowest BCUT2D eigenvalue weighted by Crippen LogP contribution is -2.49. The Bertz CT molecular complexity index is 656. The molecule has 0 aromatic heterocycles. The summed E-state index contributed by atoms with van der Waals surface area (Å²) in [5, 5.41) is 11.6. The summed E-state index contributed by atoms with van der Waals surface area (Å²) in [6.45, 7) is 4.60. The molecule has 1 aliphatic rings. The first-order valence-electron chi connectivity index (χ1n) is 8.39. The number of hydrogen-bond donors (Lipinski definition) is 1. The Morgan fingerprint density at radius 1 is 0.880 bits per heavy atom. The van der Waals surface area contributed by atoms with Gasteiger partial charge in [0.25, 0.3) is 0 Å². The number of ether oxygens (including phenoxy) is 1. The van der Waals surface area contributed by atoms with Crippen molar-refractivity contribution in [2.45, 2.75) is 6.10 Å². The molecule has 1 fully saturated rings. The van der Waals surface area contributed by atoms with Crippen LogP contribution in [0.25, 0.3) is 0 Å². The van der Waals surface area contributed by atoms with E-state index in [0.29, 0.717) is 11.6 Å². The van der Waals surface area contributed by atoms with Gasteiger partial charge in [0.15, 0.2) is 0 Å². The van der Waals surface area contributed by atoms with Gasteiger partial charge < -0.3 is 14.7 Å². The smallest absolute Gasteiger partial charge is 0.119 e. The number of piperazine rings is 1. The summed E-state index contributed by atoms with van der Waals surface area (Å²) in [6, 6.07) is 15.1. The van der Waals surface area contributed by atoms with Crippen LogP contribution in [0.1, 0.15) is 0 Å². The molecule has 1 saturated heterocycles. The summed E-state index contributed by atoms with van der Waals surface area (Å²) in [7, 11) is 0. The van der Waals surface area contributed by atoms with Crippen LogP contribution in [0.5, 0.6) is 5.75 Å². The van der Waals surface area contributed by atoms with E-state index >= 15 is 0 Å². The molecule has 0 radical (unpaired) electrons. The monoisotopic (exact) mass is 380 g/mol. The van der Waals surface area contributed by atoms with Crippen molar-refractivity contribution >= 4 is 28.9 Å². The Morgan fingerprint density at radius 2 is 1.44 bits per heavy atom. The Hall–Kier alpha value is -1.46. The lowest BCUT2D eigenvalue weighted by Gasteiger charge is -2.36. The van der Waals surface area contributed by atoms with Gasteiger partial charge in [-0.3, -0.25) is 4.90 Å². The number of rotatable bonds is 6. The van der Waals surface area contributed by atoms with Gasteiger partial charge in [-0.1, -0.05) is 23.2 Å². The second kappa shape index (κ2) is 8.77. The van der Waals surface area contributed by atoms with Crippen molar-refractivity contribution in [1.29, 1.82) is 0 Å². The molecule has 0 aliphatic carbocycles. The SMILES string of the molecule is OC(COc1ccc(Cl)cc1)CN1CCN(c2ccc(Cl)cc2)CC1. The Balaban J connectivity index is 1.40. The molecule has 0 amide bonds. The predicted octanol–water partition coefficient (Wildman–Crippen LogP) is 3.56. The summed E-state index contributed by atoms with van der Waals surface area (Å²) in [6.07, 6.45) is -0.516. The molecule has 2 aromatic carbocycles. The van der Waals surface area contributed by atoms with Gasteiger partial charge in [-0.2, -0.15) is 0 Å². The summed E-state index contributed by atoms with van der Waals surface area (Å²) >= 11 is 11.8. The van der Waals surface area contributed by atoms with Crippen molar-refractivity contribution in [1.82, 2.24) is 4.90 Å². The fourth-order valence-electron chi connectivity index (χ4n) is 2.91. The Labute approximate surface area is 158 Å². The van der Waals surface area contributed by atoms with Gasteiger partial charge in [0.05, 0.1) is 0 Å². The first kappa shape index (κ1) is 18.3. The normalized spacial score (nSPS) is 16.7. The van der Waals surface area contributed by atoms with E-state index < -0.39 is 6.10 Å². The van der Waals surface area contributed by atoms with Crippen molar-refractivity contribution < 1.29 is 9.84 Å². The minimum atomic E-state index is -0.516. The van der Waals surface area contributed by atoms with Crippen LogP contribution in [0.4, 0.5) is 5.69 Å². The summed E-state index contributed by atoms with van der Waals surface area (Å²) in [5.74, 6) is 0.719. The largest absolute Gasteiger partial charge is 0.491 e. The average Bonchev–Trinajstić information content (AvgIpc) is 2.63. The molecule has 1 unspecified atom stereocenters. The Morgan fingerprint density at radius 3 is 2.04 bits per heavy atom. The molecule has 2 aromatic rings. The maximum absolute atomic E-state index is 10.2. The molecule has 1 N–H and O–H groups in total. The van der Waals surface area contributed by atoms with Gasteiger partial charge >= 0.3 is 0 Å². The van der Waals surface area contributed by atoms with Crippen molar-refractivity contribution in [2.75, 3.05) is 44.2 Å². The number of hydrogen-bond acceptors (Lipinski definition) is 4. The van der Waals surface area contributed by atoms with Gasteiger partial charge in [0.1, 0.15) is 18.5 Å². The van der Waals surface area contributed by atoms with E-state index in [4.69, 9.17) is 27.9 Å². The van der Waals surface area contributed by atoms with E-state index in [1.54, 1.807) is 24.3 Å². The van der Waals surface area contributed by atoms with Crippen LogP contribution in [0.2, 0.25) is 10.0 Å². The quantitative estimate of drug-likeness (QED) is 0.830. The van der Waals surface area contributed by atoms with Crippen LogP contribution in [-0.4, -0.2) is 55.4 Å². The van der Waals surface area contributed by atoms with E-state index in [-0.39, 0.29) is 6.61 Å². The van der Waals surface area contributed by atoms with Crippen molar-refractivity contribution in [3.05, 3.63) is 58.6 Å². The molecule has 6 heteroatoms. The second-order valence-electron chi connectivity index (χ2n) is 6.18. The van der Waals surface area contributed by atoms with Crippen LogP contribution < -0.4 is 9.64 Å². The molecule has 4 nitrogen and oxygen atoms in total. The van der Waals surface area contributed by atoms with Crippen LogP contribution in [-0.2, 0) is 0 Å². The number of nitrogens with zero attached hydrogens (tertiary/aromatic N) is 2. The number of β-amino-alcohol motifs (C(OH)–C–C–N with tert-alkyl or cyclic N) is 1. The third kappa shape index (κ3) is 5.51. The van der Waals surface area contributed by atoms with Crippen molar-refractivity contribution in [2.24, 2.45) is 0 Å². The lowest BCUT2D eigenvalue weighted by molar-refractivity contribution is 0.0663. The van der Waals surface area contributed by atoms with E-state index in [9.17, 15) is 5.11 Å². The Kier molecular flexibility index (Phi) is 6.43. The fraction of sp³-hybridized carbons (Fsp3) is 0.368. The summed E-state index contributed by atoms with van der Waals surface area (Å²) in [4.78, 5) is 4.60. The highest BCUT2D eigenvalue weighted by atomic mass is 35.5. The molecular formula is C19H22Cl2N2O2. The van der Waals surface area contributed by atoms with Crippen LogP contribution in [0.15, 0.2) is 48.5 Å². The van der Waals surface area contributed by atoms with Crippen molar-refractivity contribution in [3.63, 3.8) is 0 Å². The van der Waals surface area contributed by atoms with Gasteiger partial charge in [0, 0.05) is 48.5 Å². The molecular weight excluding hydrogens is 359 g/mol. The first-order valence-corrected chi connectivity index (χ1v) is 9.15. The minimum absolute atomic E-state index is 0.277. The van der Waals surface area contributed by atoms with Gasteiger partial charge in [-0.05, 0) is 48.5 Å². The van der Waals surface area contributed by atoms with E-state index in [1.807, 2.05) is 24.3 Å². The maximum Gasteiger partial charge on any atom is 0.119 e. The fourth-order valence-corrected chi connectivity index (χ4v) is 3.17. The standard InChI is InChI=1S/C19H22Cl2N2O2/c20-15-1-5-17(6-2-15)23-11-9-22(10-12-23)13-18(24)14-25-19-7-3-16(21)4-8-19/h1-8,18,24H,9-14H2. The molecule has 0 saturated carbocycles. The molecule has 3 rings (SSSR count). The average molecular weight is 381 g/mol. The van der Waals surface area contributed by atoms with Gasteiger partial charge in [-0.25, -0.2) is 0 Å². The zero-order valence-corrected chi connectivity index (χ0v) is 15.5. The molecule has 25 heavy (non-hydrogen) atoms. The topological polar surface area (TPSA) is 35.9 Å². The number of benzene rings is 2. The summed E-state index contributed by atoms with van der Waals surface area (Å²) in [5.41, 5.74) is 1.19. The van der Waals surface area contributed by atoms with E-state index in [1.165, 1.54) is 5.69 Å². The number of aliphatic hydroxyl groups excluding tert-OH is 1. The third-order valence-electron chi connectivity index (χ3n) is 4.29. The minimum Gasteiger partial charge on any atom is -0.491 e. The van der Waals surface area contributed by atoms with Crippen LogP contribution in [0, 0.1) is 0 Å². The van der Waals surface area contributed by atoms with Crippen molar-refractivity contribution in [3.8, 4) is 5.75 Å². The van der Waals surface area contributed by atoms with Gasteiger partial charge in [-0.15, -0.1) is 0 Å².